The van der Waals surface area contributed by atoms with Crippen LogP contribution in [0.15, 0.2) is 40.9 Å². The topological polar surface area (TPSA) is 55.1 Å². The molecule has 0 saturated carbocycles. The summed E-state index contributed by atoms with van der Waals surface area (Å²) in [5.74, 6) is -0.544. The van der Waals surface area contributed by atoms with Crippen molar-refractivity contribution in [3.63, 3.8) is 0 Å². The third-order valence-corrected chi connectivity index (χ3v) is 3.93. The highest BCUT2D eigenvalue weighted by molar-refractivity contribution is 6.33. The first-order valence-corrected chi connectivity index (χ1v) is 7.63. The molecule has 1 N–H and O–H groups in total. The lowest BCUT2D eigenvalue weighted by Gasteiger charge is -2.11. The van der Waals surface area contributed by atoms with E-state index in [9.17, 15) is 18.0 Å². The molecule has 0 bridgehead atoms. The number of nitrogens with zero attached hydrogens (tertiary/aromatic N) is 1. The molecule has 0 atom stereocenters. The van der Waals surface area contributed by atoms with Gasteiger partial charge in [-0.3, -0.25) is 4.79 Å². The van der Waals surface area contributed by atoms with Gasteiger partial charge < -0.3 is 9.84 Å². The lowest BCUT2D eigenvalue weighted by molar-refractivity contribution is -0.137. The molecule has 0 aliphatic rings. The van der Waals surface area contributed by atoms with Crippen LogP contribution in [0.2, 0.25) is 5.02 Å². The van der Waals surface area contributed by atoms with Gasteiger partial charge in [-0.2, -0.15) is 13.2 Å². The summed E-state index contributed by atoms with van der Waals surface area (Å²) in [5.41, 5.74) is 0.906. The smallest absolute Gasteiger partial charge is 0.356 e. The van der Waals surface area contributed by atoms with Crippen molar-refractivity contribution in [1.82, 2.24) is 5.16 Å². The van der Waals surface area contributed by atoms with Crippen LogP contribution in [0.5, 0.6) is 0 Å². The first-order valence-electron chi connectivity index (χ1n) is 7.25. The molecule has 0 fully saturated rings. The number of alkyl halides is 3. The quantitative estimate of drug-likeness (QED) is 0.708. The summed E-state index contributed by atoms with van der Waals surface area (Å²) in [7, 11) is 0. The van der Waals surface area contributed by atoms with Gasteiger partial charge in [0.05, 0.1) is 22.7 Å². The van der Waals surface area contributed by atoms with Crippen LogP contribution in [0.25, 0.3) is 11.0 Å². The van der Waals surface area contributed by atoms with Crippen molar-refractivity contribution < 1.29 is 22.5 Å². The van der Waals surface area contributed by atoms with Crippen molar-refractivity contribution in [3.05, 3.63) is 58.2 Å². The summed E-state index contributed by atoms with van der Waals surface area (Å²) in [6, 6.07) is 8.15. The number of aromatic nitrogens is 1. The minimum Gasteiger partial charge on any atom is -0.356 e. The van der Waals surface area contributed by atoms with Gasteiger partial charge in [-0.15, -0.1) is 0 Å². The highest BCUT2D eigenvalue weighted by Gasteiger charge is 2.31. The average molecular weight is 369 g/mol. The van der Waals surface area contributed by atoms with Crippen molar-refractivity contribution in [1.29, 1.82) is 0 Å². The molecule has 0 unspecified atom stereocenters. The van der Waals surface area contributed by atoms with Gasteiger partial charge >= 0.3 is 6.18 Å². The number of halogens is 4. The van der Waals surface area contributed by atoms with Gasteiger partial charge in [0, 0.05) is 5.39 Å². The van der Waals surface area contributed by atoms with Gasteiger partial charge in [-0.25, -0.2) is 0 Å². The Labute approximate surface area is 145 Å². The Balaban J connectivity index is 1.82. The molecule has 1 heterocycles. The fourth-order valence-corrected chi connectivity index (χ4v) is 2.54. The number of amides is 1. The Kier molecular flexibility index (Phi) is 4.43. The van der Waals surface area contributed by atoms with Gasteiger partial charge in [0.25, 0.3) is 0 Å². The van der Waals surface area contributed by atoms with Crippen LogP contribution in [0.3, 0.4) is 0 Å². The van der Waals surface area contributed by atoms with E-state index in [-0.39, 0.29) is 17.1 Å². The van der Waals surface area contributed by atoms with Crippen LogP contribution in [-0.4, -0.2) is 11.1 Å². The van der Waals surface area contributed by atoms with Gasteiger partial charge in [0.1, 0.15) is 5.69 Å². The molecule has 0 radical (unpaired) electrons. The molecule has 25 heavy (non-hydrogen) atoms. The van der Waals surface area contributed by atoms with Gasteiger partial charge in [-0.1, -0.05) is 28.4 Å². The first-order chi connectivity index (χ1) is 11.7. The molecular formula is C17H12ClF3N2O2. The maximum atomic E-state index is 12.8. The molecule has 1 aromatic heterocycles. The molecule has 0 saturated heterocycles. The molecular weight excluding hydrogens is 357 g/mol. The molecule has 0 aliphatic heterocycles. The number of hydrogen-bond acceptors (Lipinski definition) is 3. The molecule has 3 aromatic rings. The van der Waals surface area contributed by atoms with Gasteiger partial charge in [-0.05, 0) is 37.3 Å². The van der Waals surface area contributed by atoms with E-state index in [0.29, 0.717) is 16.7 Å². The van der Waals surface area contributed by atoms with Crippen LogP contribution in [0, 0.1) is 6.92 Å². The van der Waals surface area contributed by atoms with E-state index in [1.54, 1.807) is 6.07 Å². The lowest BCUT2D eigenvalue weighted by Crippen LogP contribution is -2.16. The summed E-state index contributed by atoms with van der Waals surface area (Å²) in [5, 5.41) is 6.94. The second-order valence-electron chi connectivity index (χ2n) is 5.55. The molecule has 2 aromatic carbocycles. The highest BCUT2D eigenvalue weighted by atomic mass is 35.5. The molecule has 3 rings (SSSR count). The molecule has 1 amide bonds. The lowest BCUT2D eigenvalue weighted by atomic mass is 10.1. The number of rotatable bonds is 3. The molecule has 4 nitrogen and oxygen atoms in total. The third kappa shape index (κ3) is 3.76. The monoisotopic (exact) mass is 368 g/mol. The normalized spacial score (nSPS) is 11.7. The molecule has 0 aliphatic carbocycles. The van der Waals surface area contributed by atoms with Crippen LogP contribution < -0.4 is 5.32 Å². The summed E-state index contributed by atoms with van der Waals surface area (Å²) in [6.45, 7) is 1.89. The van der Waals surface area contributed by atoms with Gasteiger partial charge in [0.2, 0.25) is 5.91 Å². The number of aryl methyl sites for hydroxylation is 1. The standard InChI is InChI=1S/C17H12ClF3N2O2/c1-9-2-5-15-11(6-9)13(23-25-15)8-16(24)22-14-7-10(17(19,20)21)3-4-12(14)18/h2-7H,8H2,1H3,(H,22,24). The Morgan fingerprint density at radius 2 is 2.00 bits per heavy atom. The van der Waals surface area contributed by atoms with E-state index in [1.807, 2.05) is 19.1 Å². The maximum Gasteiger partial charge on any atom is 0.416 e. The van der Waals surface area contributed by atoms with Gasteiger partial charge in [0.15, 0.2) is 5.58 Å². The zero-order valence-electron chi connectivity index (χ0n) is 12.9. The average Bonchev–Trinajstić information content (AvgIpc) is 2.90. The van der Waals surface area contributed by atoms with Crippen molar-refractivity contribution in [2.45, 2.75) is 19.5 Å². The van der Waals surface area contributed by atoms with Crippen LogP contribution in [0.1, 0.15) is 16.8 Å². The van der Waals surface area contributed by atoms with Crippen molar-refractivity contribution in [3.8, 4) is 0 Å². The van der Waals surface area contributed by atoms with E-state index in [1.165, 1.54) is 0 Å². The van der Waals surface area contributed by atoms with E-state index in [0.717, 1.165) is 23.8 Å². The second kappa shape index (κ2) is 6.40. The first kappa shape index (κ1) is 17.3. The van der Waals surface area contributed by atoms with Crippen molar-refractivity contribution in [2.75, 3.05) is 5.32 Å². The Morgan fingerprint density at radius 3 is 2.72 bits per heavy atom. The van der Waals surface area contributed by atoms with E-state index in [4.69, 9.17) is 16.1 Å². The second-order valence-corrected chi connectivity index (χ2v) is 5.95. The van der Waals surface area contributed by atoms with E-state index in [2.05, 4.69) is 10.5 Å². The third-order valence-electron chi connectivity index (χ3n) is 3.60. The summed E-state index contributed by atoms with van der Waals surface area (Å²) in [4.78, 5) is 12.2. The highest BCUT2D eigenvalue weighted by Crippen LogP contribution is 2.34. The van der Waals surface area contributed by atoms with Crippen molar-refractivity contribution in [2.24, 2.45) is 0 Å². The number of fused-ring (bicyclic) bond motifs is 1. The van der Waals surface area contributed by atoms with Crippen LogP contribution >= 0.6 is 11.6 Å². The minimum atomic E-state index is -4.52. The van der Waals surface area contributed by atoms with E-state index < -0.39 is 17.6 Å². The number of nitrogens with one attached hydrogen (secondary N) is 1. The summed E-state index contributed by atoms with van der Waals surface area (Å²) >= 11 is 5.87. The number of carbonyl (C=O) groups excluding carboxylic acids is 1. The molecule has 130 valence electrons. The fourth-order valence-electron chi connectivity index (χ4n) is 2.37. The minimum absolute atomic E-state index is 0.0159. The summed E-state index contributed by atoms with van der Waals surface area (Å²) in [6.07, 6.45) is -4.67. The zero-order valence-corrected chi connectivity index (χ0v) is 13.7. The summed E-state index contributed by atoms with van der Waals surface area (Å²) < 4.78 is 43.5. The zero-order chi connectivity index (χ0) is 18.2. The Morgan fingerprint density at radius 1 is 1.24 bits per heavy atom. The van der Waals surface area contributed by atoms with Crippen LogP contribution in [0.4, 0.5) is 18.9 Å². The number of hydrogen-bond donors (Lipinski definition) is 1. The maximum absolute atomic E-state index is 12.8. The predicted molar refractivity (Wildman–Crippen MR) is 87.5 cm³/mol. The largest absolute Gasteiger partial charge is 0.416 e. The van der Waals surface area contributed by atoms with Crippen molar-refractivity contribution >= 4 is 34.2 Å². The van der Waals surface area contributed by atoms with E-state index >= 15 is 0 Å². The number of carbonyl (C=O) groups is 1. The van der Waals surface area contributed by atoms with Crippen LogP contribution in [-0.2, 0) is 17.4 Å². The Hall–Kier alpha value is -2.54. The number of anilines is 1. The molecule has 0 spiro atoms. The number of benzene rings is 2. The fraction of sp³-hybridized carbons (Fsp3) is 0.176. The Bertz CT molecular complexity index is 951. The predicted octanol–water partition coefficient (Wildman–Crippen LogP) is 4.99. The SMILES string of the molecule is Cc1ccc2onc(CC(=O)Nc3cc(C(F)(F)F)ccc3Cl)c2c1. The molecule has 8 heteroatoms.